The van der Waals surface area contributed by atoms with E-state index in [4.69, 9.17) is 4.42 Å². The summed E-state index contributed by atoms with van der Waals surface area (Å²) in [6.45, 7) is 4.53. The van der Waals surface area contributed by atoms with E-state index in [0.29, 0.717) is 23.6 Å². The summed E-state index contributed by atoms with van der Waals surface area (Å²) in [5.74, 6) is -0.673. The van der Waals surface area contributed by atoms with E-state index in [1.807, 2.05) is 38.9 Å². The van der Waals surface area contributed by atoms with Crippen LogP contribution in [0.2, 0.25) is 0 Å². The number of thioether (sulfide) groups is 1. The van der Waals surface area contributed by atoms with Gasteiger partial charge in [-0.1, -0.05) is 63.1 Å². The van der Waals surface area contributed by atoms with Gasteiger partial charge in [0, 0.05) is 17.9 Å². The third-order valence-electron chi connectivity index (χ3n) is 6.15. The van der Waals surface area contributed by atoms with Gasteiger partial charge in [-0.2, -0.15) is 0 Å². The van der Waals surface area contributed by atoms with E-state index >= 15 is 0 Å². The lowest BCUT2D eigenvalue weighted by Gasteiger charge is -2.38. The summed E-state index contributed by atoms with van der Waals surface area (Å²) in [6.07, 6.45) is 3.67. The fourth-order valence-corrected chi connectivity index (χ4v) is 4.94. The normalized spacial score (nSPS) is 16.2. The molecule has 9 nitrogen and oxygen atoms in total. The number of Topliss-reactive ketones (excluding diaryl/α,β-unsaturated/α-hetero) is 1. The summed E-state index contributed by atoms with van der Waals surface area (Å²) in [4.78, 5) is 41.8. The van der Waals surface area contributed by atoms with Gasteiger partial charge in [0.05, 0.1) is 6.04 Å². The summed E-state index contributed by atoms with van der Waals surface area (Å²) in [7, 11) is 3.95. The predicted molar refractivity (Wildman–Crippen MR) is 134 cm³/mol. The van der Waals surface area contributed by atoms with Crippen LogP contribution in [0.3, 0.4) is 0 Å². The van der Waals surface area contributed by atoms with Crippen molar-refractivity contribution in [2.45, 2.75) is 62.8 Å². The summed E-state index contributed by atoms with van der Waals surface area (Å²) in [5.41, 5.74) is -0.576. The van der Waals surface area contributed by atoms with Crippen molar-refractivity contribution in [3.63, 3.8) is 0 Å². The molecule has 1 heterocycles. The fourth-order valence-electron chi connectivity index (χ4n) is 4.07. The smallest absolute Gasteiger partial charge is 0.286 e. The number of carbonyl (C=O) groups is 3. The second-order valence-electron chi connectivity index (χ2n) is 9.55. The van der Waals surface area contributed by atoms with Gasteiger partial charge in [0.15, 0.2) is 0 Å². The maximum atomic E-state index is 13.6. The summed E-state index contributed by atoms with van der Waals surface area (Å²) < 4.78 is 5.58. The molecule has 0 saturated heterocycles. The van der Waals surface area contributed by atoms with Gasteiger partial charge < -0.3 is 20.0 Å². The van der Waals surface area contributed by atoms with Crippen LogP contribution < -0.4 is 10.6 Å². The van der Waals surface area contributed by atoms with Crippen LogP contribution in [0.25, 0.3) is 0 Å². The summed E-state index contributed by atoms with van der Waals surface area (Å²) in [5, 5.41) is 14.1. The summed E-state index contributed by atoms with van der Waals surface area (Å²) >= 11 is 1.38. The van der Waals surface area contributed by atoms with E-state index in [-0.39, 0.29) is 23.6 Å². The van der Waals surface area contributed by atoms with Gasteiger partial charge in [0.1, 0.15) is 5.54 Å². The summed E-state index contributed by atoms with van der Waals surface area (Å²) in [6, 6.07) is 7.99. The molecule has 1 aromatic heterocycles. The lowest BCUT2D eigenvalue weighted by Crippen LogP contribution is -2.62. The Hall–Kier alpha value is -2.72. The van der Waals surface area contributed by atoms with Crippen molar-refractivity contribution in [1.29, 1.82) is 0 Å². The van der Waals surface area contributed by atoms with Crippen molar-refractivity contribution in [3.8, 4) is 0 Å². The lowest BCUT2D eigenvalue weighted by molar-refractivity contribution is -0.129. The molecule has 35 heavy (non-hydrogen) atoms. The molecule has 0 unspecified atom stereocenters. The van der Waals surface area contributed by atoms with E-state index < -0.39 is 17.4 Å². The molecule has 2 N–H and O–H groups in total. The minimum Gasteiger partial charge on any atom is -0.408 e. The van der Waals surface area contributed by atoms with Crippen LogP contribution in [0.15, 0.2) is 40.0 Å². The monoisotopic (exact) mass is 501 g/mol. The third kappa shape index (κ3) is 7.14. The Balaban J connectivity index is 1.73. The van der Waals surface area contributed by atoms with Gasteiger partial charge >= 0.3 is 0 Å². The van der Waals surface area contributed by atoms with Gasteiger partial charge in [-0.25, -0.2) is 0 Å². The lowest BCUT2D eigenvalue weighted by atomic mass is 9.80. The average molecular weight is 502 g/mol. The molecule has 1 aromatic carbocycles. The molecule has 2 aromatic rings. The molecule has 1 atom stereocenters. The van der Waals surface area contributed by atoms with Crippen molar-refractivity contribution in [2.24, 2.45) is 5.92 Å². The number of rotatable bonds is 11. The quantitative estimate of drug-likeness (QED) is 0.356. The van der Waals surface area contributed by atoms with Crippen LogP contribution in [0, 0.1) is 5.92 Å². The topological polar surface area (TPSA) is 117 Å². The van der Waals surface area contributed by atoms with Crippen LogP contribution in [0.1, 0.15) is 67.0 Å². The number of hydrogen-bond donors (Lipinski definition) is 2. The van der Waals surface area contributed by atoms with Crippen LogP contribution in [-0.2, 0) is 4.79 Å². The second kappa shape index (κ2) is 12.3. The molecule has 3 rings (SSSR count). The fraction of sp³-hybridized carbons (Fsp3) is 0.560. The molecule has 1 aliphatic rings. The van der Waals surface area contributed by atoms with E-state index in [9.17, 15) is 14.4 Å². The number of ketones is 1. The number of amides is 2. The molecule has 1 fully saturated rings. The van der Waals surface area contributed by atoms with E-state index in [1.54, 1.807) is 24.3 Å². The number of carbonyl (C=O) groups excluding carboxylic acids is 3. The van der Waals surface area contributed by atoms with Crippen LogP contribution >= 0.6 is 11.8 Å². The highest BCUT2D eigenvalue weighted by atomic mass is 32.2. The Morgan fingerprint density at radius 2 is 1.77 bits per heavy atom. The van der Waals surface area contributed by atoms with Gasteiger partial charge in [-0.3, -0.25) is 14.4 Å². The minimum absolute atomic E-state index is 0.123. The first-order valence-electron chi connectivity index (χ1n) is 12.1. The van der Waals surface area contributed by atoms with Crippen LogP contribution in [-0.4, -0.2) is 70.7 Å². The molecule has 0 radical (unpaired) electrons. The zero-order valence-corrected chi connectivity index (χ0v) is 21.7. The third-order valence-corrected chi connectivity index (χ3v) is 6.95. The number of nitrogens with zero attached hydrogens (tertiary/aromatic N) is 3. The zero-order chi connectivity index (χ0) is 25.4. The second-order valence-corrected chi connectivity index (χ2v) is 10.6. The minimum atomic E-state index is -1.07. The van der Waals surface area contributed by atoms with Crippen LogP contribution in [0.5, 0.6) is 0 Å². The van der Waals surface area contributed by atoms with E-state index in [1.165, 1.54) is 11.8 Å². The van der Waals surface area contributed by atoms with Gasteiger partial charge in [0.2, 0.25) is 11.7 Å². The Bertz CT molecular complexity index is 1000. The number of hydrogen-bond acceptors (Lipinski definition) is 8. The highest BCUT2D eigenvalue weighted by Gasteiger charge is 2.43. The largest absolute Gasteiger partial charge is 0.408 e. The molecule has 190 valence electrons. The Kier molecular flexibility index (Phi) is 9.45. The molecule has 0 spiro atoms. The average Bonchev–Trinajstić information content (AvgIpc) is 3.31. The van der Waals surface area contributed by atoms with Crippen molar-refractivity contribution in [1.82, 2.24) is 25.7 Å². The van der Waals surface area contributed by atoms with E-state index in [2.05, 4.69) is 20.8 Å². The Morgan fingerprint density at radius 1 is 1.09 bits per heavy atom. The number of benzene rings is 1. The molecule has 1 aliphatic carbocycles. The Morgan fingerprint density at radius 3 is 2.40 bits per heavy atom. The maximum absolute atomic E-state index is 13.6. The molecular weight excluding hydrogens is 466 g/mol. The van der Waals surface area contributed by atoms with Crippen molar-refractivity contribution < 1.29 is 18.8 Å². The van der Waals surface area contributed by atoms with Crippen molar-refractivity contribution >= 4 is 29.4 Å². The van der Waals surface area contributed by atoms with E-state index in [0.717, 1.165) is 31.6 Å². The first-order chi connectivity index (χ1) is 16.7. The predicted octanol–water partition coefficient (Wildman–Crippen LogP) is 3.18. The molecular formula is C25H35N5O4S. The highest BCUT2D eigenvalue weighted by molar-refractivity contribution is 7.99. The van der Waals surface area contributed by atoms with Crippen molar-refractivity contribution in [3.05, 3.63) is 41.8 Å². The molecule has 0 aliphatic heterocycles. The van der Waals surface area contributed by atoms with Crippen LogP contribution in [0.4, 0.5) is 0 Å². The van der Waals surface area contributed by atoms with Gasteiger partial charge in [-0.15, -0.1) is 10.2 Å². The number of aromatic nitrogens is 2. The first kappa shape index (κ1) is 26.9. The van der Waals surface area contributed by atoms with Gasteiger partial charge in [-0.05, 0) is 45.0 Å². The maximum Gasteiger partial charge on any atom is 0.286 e. The number of nitrogens with one attached hydrogen (secondary N) is 2. The first-order valence-corrected chi connectivity index (χ1v) is 13.0. The zero-order valence-electron chi connectivity index (χ0n) is 20.9. The SMILES string of the molecule is CC(C)[C@H](NC(=O)C1(NC(=O)c2ccccc2)CCCCC1)C(=O)c1nnc(SCCN(C)C)o1. The highest BCUT2D eigenvalue weighted by Crippen LogP contribution is 2.30. The molecule has 0 bridgehead atoms. The molecule has 1 saturated carbocycles. The molecule has 10 heteroatoms. The van der Waals surface area contributed by atoms with Crippen molar-refractivity contribution in [2.75, 3.05) is 26.4 Å². The Labute approximate surface area is 210 Å². The van der Waals surface area contributed by atoms with Gasteiger partial charge in [0.25, 0.3) is 17.0 Å². The standard InChI is InChI=1S/C25H35N5O4S/c1-17(2)19(20(31)22-28-29-24(34-22)35-16-15-30(3)4)26-23(33)25(13-9-6-10-14-25)27-21(32)18-11-7-5-8-12-18/h5,7-8,11-12,17,19H,6,9-10,13-16H2,1-4H3,(H,26,33)(H,27,32)/t19-/m0/s1. The molecule has 2 amide bonds.